The summed E-state index contributed by atoms with van der Waals surface area (Å²) < 4.78 is 5.06. The van der Waals surface area contributed by atoms with E-state index in [-0.39, 0.29) is 17.8 Å². The van der Waals surface area contributed by atoms with Crippen LogP contribution in [-0.4, -0.2) is 30.0 Å². The van der Waals surface area contributed by atoms with Crippen molar-refractivity contribution in [2.45, 2.75) is 46.5 Å². The number of fused-ring (bicyclic) bond motifs is 2. The zero-order valence-corrected chi connectivity index (χ0v) is 14.8. The minimum atomic E-state index is -0.350. The van der Waals surface area contributed by atoms with Crippen molar-refractivity contribution < 1.29 is 14.3 Å². The SMILES string of the molecule is CCOC(=O)c1sc(N(CC)C(=O)[C@@H]2C[C@H]3CC[C@H]2C3)nc1C. The van der Waals surface area contributed by atoms with E-state index in [1.807, 2.05) is 6.92 Å². The van der Waals surface area contributed by atoms with Crippen LogP contribution < -0.4 is 4.90 Å². The lowest BCUT2D eigenvalue weighted by atomic mass is 9.88. The first-order valence-electron chi connectivity index (χ1n) is 8.51. The van der Waals surface area contributed by atoms with Crippen molar-refractivity contribution in [1.82, 2.24) is 4.98 Å². The maximum Gasteiger partial charge on any atom is 0.350 e. The number of aromatic nitrogens is 1. The number of amides is 1. The summed E-state index contributed by atoms with van der Waals surface area (Å²) in [6, 6.07) is 0. The molecular formula is C17H24N2O3S. The molecule has 0 aromatic carbocycles. The molecule has 23 heavy (non-hydrogen) atoms. The van der Waals surface area contributed by atoms with E-state index in [1.54, 1.807) is 18.7 Å². The van der Waals surface area contributed by atoms with Crippen LogP contribution >= 0.6 is 11.3 Å². The van der Waals surface area contributed by atoms with E-state index in [1.165, 1.54) is 30.6 Å². The summed E-state index contributed by atoms with van der Waals surface area (Å²) in [7, 11) is 0. The number of nitrogens with zero attached hydrogens (tertiary/aromatic N) is 2. The van der Waals surface area contributed by atoms with E-state index >= 15 is 0 Å². The molecule has 0 radical (unpaired) electrons. The number of rotatable bonds is 5. The lowest BCUT2D eigenvalue weighted by molar-refractivity contribution is -0.123. The van der Waals surface area contributed by atoms with Crippen molar-refractivity contribution in [1.29, 1.82) is 0 Å². The number of esters is 1. The molecule has 0 unspecified atom stereocenters. The molecule has 1 amide bonds. The van der Waals surface area contributed by atoms with E-state index in [0.717, 1.165) is 12.3 Å². The maximum absolute atomic E-state index is 13.0. The van der Waals surface area contributed by atoms with E-state index in [0.29, 0.717) is 34.8 Å². The highest BCUT2D eigenvalue weighted by atomic mass is 32.1. The van der Waals surface area contributed by atoms with Crippen molar-refractivity contribution in [3.8, 4) is 0 Å². The second-order valence-corrected chi connectivity index (χ2v) is 7.47. The Bertz CT molecular complexity index is 613. The maximum atomic E-state index is 13.0. The van der Waals surface area contributed by atoms with Gasteiger partial charge in [-0.3, -0.25) is 9.69 Å². The van der Waals surface area contributed by atoms with Gasteiger partial charge in [0, 0.05) is 12.5 Å². The number of ether oxygens (including phenoxy) is 1. The van der Waals surface area contributed by atoms with Gasteiger partial charge >= 0.3 is 5.97 Å². The van der Waals surface area contributed by atoms with Crippen molar-refractivity contribution in [2.75, 3.05) is 18.1 Å². The van der Waals surface area contributed by atoms with Crippen LogP contribution in [0.4, 0.5) is 5.13 Å². The Labute approximate surface area is 141 Å². The Kier molecular flexibility index (Phi) is 4.71. The van der Waals surface area contributed by atoms with Crippen molar-refractivity contribution in [3.05, 3.63) is 10.6 Å². The van der Waals surface area contributed by atoms with Crippen molar-refractivity contribution in [2.24, 2.45) is 17.8 Å². The average Bonchev–Trinajstić information content (AvgIpc) is 3.23. The van der Waals surface area contributed by atoms with Gasteiger partial charge in [0.2, 0.25) is 5.91 Å². The fourth-order valence-electron chi connectivity index (χ4n) is 4.02. The molecule has 2 bridgehead atoms. The zero-order valence-electron chi connectivity index (χ0n) is 14.0. The summed E-state index contributed by atoms with van der Waals surface area (Å²) in [5.41, 5.74) is 0.641. The van der Waals surface area contributed by atoms with E-state index in [2.05, 4.69) is 4.98 Å². The van der Waals surface area contributed by atoms with Crippen LogP contribution in [0, 0.1) is 24.7 Å². The number of carbonyl (C=O) groups is 2. The highest BCUT2D eigenvalue weighted by Crippen LogP contribution is 2.49. The molecule has 1 heterocycles. The van der Waals surface area contributed by atoms with Gasteiger partial charge in [0.1, 0.15) is 4.88 Å². The molecule has 2 aliphatic rings. The second kappa shape index (κ2) is 6.59. The van der Waals surface area contributed by atoms with Crippen LogP contribution in [0.1, 0.15) is 54.9 Å². The largest absolute Gasteiger partial charge is 0.462 e. The fourth-order valence-corrected chi connectivity index (χ4v) is 5.05. The number of hydrogen-bond acceptors (Lipinski definition) is 5. The Morgan fingerprint density at radius 3 is 2.65 bits per heavy atom. The molecule has 0 saturated heterocycles. The molecule has 126 valence electrons. The lowest BCUT2D eigenvalue weighted by Crippen LogP contribution is -2.38. The summed E-state index contributed by atoms with van der Waals surface area (Å²) in [6.45, 7) is 6.47. The van der Waals surface area contributed by atoms with Crippen molar-refractivity contribution in [3.63, 3.8) is 0 Å². The molecule has 3 rings (SSSR count). The van der Waals surface area contributed by atoms with Gasteiger partial charge in [0.05, 0.1) is 12.3 Å². The molecule has 2 saturated carbocycles. The quantitative estimate of drug-likeness (QED) is 0.773. The Hall–Kier alpha value is -1.43. The molecule has 2 fully saturated rings. The summed E-state index contributed by atoms with van der Waals surface area (Å²) >= 11 is 1.27. The van der Waals surface area contributed by atoms with Gasteiger partial charge in [-0.1, -0.05) is 17.8 Å². The summed E-state index contributed by atoms with van der Waals surface area (Å²) in [4.78, 5) is 31.6. The molecule has 0 aliphatic heterocycles. The number of thiazole rings is 1. The topological polar surface area (TPSA) is 59.5 Å². The molecular weight excluding hydrogens is 312 g/mol. The monoisotopic (exact) mass is 336 g/mol. The fraction of sp³-hybridized carbons (Fsp3) is 0.706. The molecule has 1 aromatic rings. The Morgan fingerprint density at radius 2 is 2.09 bits per heavy atom. The molecule has 3 atom stereocenters. The van der Waals surface area contributed by atoms with Crippen LogP contribution in [0.3, 0.4) is 0 Å². The normalized spacial score (nSPS) is 25.6. The summed E-state index contributed by atoms with van der Waals surface area (Å²) in [5, 5.41) is 0.626. The molecule has 1 aromatic heterocycles. The van der Waals surface area contributed by atoms with Gasteiger partial charge < -0.3 is 4.74 Å². The third-order valence-corrected chi connectivity index (χ3v) is 6.28. The van der Waals surface area contributed by atoms with E-state index in [9.17, 15) is 9.59 Å². The van der Waals surface area contributed by atoms with Gasteiger partial charge in [-0.2, -0.15) is 0 Å². The first-order valence-corrected chi connectivity index (χ1v) is 9.32. The third-order valence-electron chi connectivity index (χ3n) is 5.11. The predicted molar refractivity (Wildman–Crippen MR) is 89.8 cm³/mol. The lowest BCUT2D eigenvalue weighted by Gasteiger charge is -2.26. The van der Waals surface area contributed by atoms with Gasteiger partial charge in [-0.05, 0) is 51.9 Å². The van der Waals surface area contributed by atoms with E-state index in [4.69, 9.17) is 4.74 Å². The first kappa shape index (κ1) is 16.4. The third kappa shape index (κ3) is 3.01. The van der Waals surface area contributed by atoms with E-state index < -0.39 is 0 Å². The predicted octanol–water partition coefficient (Wildman–Crippen LogP) is 3.42. The van der Waals surface area contributed by atoms with Gasteiger partial charge in [-0.15, -0.1) is 0 Å². The minimum absolute atomic E-state index is 0.143. The molecule has 0 N–H and O–H groups in total. The minimum Gasteiger partial charge on any atom is -0.462 e. The molecule has 5 nitrogen and oxygen atoms in total. The zero-order chi connectivity index (χ0) is 16.6. The van der Waals surface area contributed by atoms with Crippen LogP contribution in [0.5, 0.6) is 0 Å². The average molecular weight is 336 g/mol. The van der Waals surface area contributed by atoms with Crippen LogP contribution in [0.15, 0.2) is 0 Å². The highest BCUT2D eigenvalue weighted by molar-refractivity contribution is 7.17. The van der Waals surface area contributed by atoms with Gasteiger partial charge in [0.25, 0.3) is 0 Å². The van der Waals surface area contributed by atoms with Crippen LogP contribution in [0.2, 0.25) is 0 Å². The number of anilines is 1. The van der Waals surface area contributed by atoms with Gasteiger partial charge in [0.15, 0.2) is 5.13 Å². The number of carbonyl (C=O) groups excluding carboxylic acids is 2. The molecule has 2 aliphatic carbocycles. The molecule has 0 spiro atoms. The first-order chi connectivity index (χ1) is 11.0. The number of hydrogen-bond donors (Lipinski definition) is 0. The highest BCUT2D eigenvalue weighted by Gasteiger charge is 2.44. The Morgan fingerprint density at radius 1 is 1.30 bits per heavy atom. The number of aryl methyl sites for hydroxylation is 1. The summed E-state index contributed by atoms with van der Waals surface area (Å²) in [6.07, 6.45) is 4.70. The van der Waals surface area contributed by atoms with Crippen LogP contribution in [-0.2, 0) is 9.53 Å². The summed E-state index contributed by atoms with van der Waals surface area (Å²) in [5.74, 6) is 1.26. The smallest absolute Gasteiger partial charge is 0.350 e. The van der Waals surface area contributed by atoms with Crippen molar-refractivity contribution >= 4 is 28.3 Å². The standard InChI is InChI=1S/C17H24N2O3S/c1-4-19(15(20)13-9-11-6-7-12(13)8-11)17-18-10(3)14(23-17)16(21)22-5-2/h11-13H,4-9H2,1-3H3/t11-,12-,13+/m0/s1. The van der Waals surface area contributed by atoms with Crippen LogP contribution in [0.25, 0.3) is 0 Å². The Balaban J connectivity index is 1.79. The second-order valence-electron chi connectivity index (χ2n) is 6.50. The molecule has 6 heteroatoms. The van der Waals surface area contributed by atoms with Gasteiger partial charge in [-0.25, -0.2) is 9.78 Å².